The first-order valence-corrected chi connectivity index (χ1v) is 11.3. The van der Waals surface area contributed by atoms with Gasteiger partial charge in [-0.15, -0.1) is 0 Å². The molecule has 1 aromatic heterocycles. The largest absolute Gasteiger partial charge is 0.481 e. The minimum absolute atomic E-state index is 0.0595. The summed E-state index contributed by atoms with van der Waals surface area (Å²) >= 11 is 0. The molecule has 3 N–H and O–H groups in total. The minimum atomic E-state index is -0.942. The second-order valence-corrected chi connectivity index (χ2v) is 9.27. The van der Waals surface area contributed by atoms with E-state index in [0.29, 0.717) is 0 Å². The highest BCUT2D eigenvalue weighted by Gasteiger charge is 2.29. The van der Waals surface area contributed by atoms with Crippen LogP contribution in [-0.4, -0.2) is 41.4 Å². The third kappa shape index (κ3) is 5.51. The van der Waals surface area contributed by atoms with Crippen LogP contribution >= 0.6 is 0 Å². The van der Waals surface area contributed by atoms with E-state index < -0.39 is 23.4 Å². The van der Waals surface area contributed by atoms with Gasteiger partial charge in [-0.3, -0.25) is 9.59 Å². The molecule has 0 spiro atoms. The number of hydrogen-bond acceptors (Lipinski definition) is 6. The lowest BCUT2D eigenvalue weighted by Crippen LogP contribution is -2.36. The second-order valence-electron chi connectivity index (χ2n) is 9.27. The maximum Gasteiger partial charge on any atom is 0.407 e. The molecule has 0 aliphatic heterocycles. The van der Waals surface area contributed by atoms with Crippen LogP contribution in [0.3, 0.4) is 0 Å². The Kier molecular flexibility index (Phi) is 6.86. The van der Waals surface area contributed by atoms with Crippen LogP contribution in [0.4, 0.5) is 4.79 Å². The number of carboxylic acid groups (broad SMARTS) is 1. The van der Waals surface area contributed by atoms with Crippen LogP contribution < -0.4 is 10.6 Å². The highest BCUT2D eigenvalue weighted by Crippen LogP contribution is 2.44. The zero-order valence-electron chi connectivity index (χ0n) is 19.5. The zero-order valence-corrected chi connectivity index (χ0v) is 19.5. The van der Waals surface area contributed by atoms with Crippen LogP contribution in [0, 0.1) is 5.41 Å². The predicted octanol–water partition coefficient (Wildman–Crippen LogP) is 3.94. The van der Waals surface area contributed by atoms with Gasteiger partial charge in [-0.25, -0.2) is 4.79 Å². The predicted molar refractivity (Wildman–Crippen MR) is 127 cm³/mol. The summed E-state index contributed by atoms with van der Waals surface area (Å²) in [5.41, 5.74) is 4.29. The van der Waals surface area contributed by atoms with E-state index in [1.807, 2.05) is 36.4 Å². The Morgan fingerprint density at radius 3 is 2.29 bits per heavy atom. The first kappa shape index (κ1) is 24.0. The van der Waals surface area contributed by atoms with Gasteiger partial charge in [0.1, 0.15) is 24.1 Å². The molecule has 3 aromatic rings. The number of carbonyl (C=O) groups excluding carboxylic acids is 2. The Bertz CT molecular complexity index is 1200. The van der Waals surface area contributed by atoms with E-state index in [4.69, 9.17) is 14.4 Å². The number of carboxylic acids is 1. The average Bonchev–Trinajstić information content (AvgIpc) is 3.42. The molecule has 182 valence electrons. The normalized spacial score (nSPS) is 12.5. The number of hydrogen-bond donors (Lipinski definition) is 3. The fourth-order valence-corrected chi connectivity index (χ4v) is 4.26. The van der Waals surface area contributed by atoms with Crippen LogP contribution in [0.25, 0.3) is 11.1 Å². The topological polar surface area (TPSA) is 131 Å². The molecule has 0 unspecified atom stereocenters. The summed E-state index contributed by atoms with van der Waals surface area (Å²) in [5, 5.41) is 18.1. The van der Waals surface area contributed by atoms with E-state index in [1.165, 1.54) is 6.26 Å². The van der Waals surface area contributed by atoms with E-state index in [2.05, 4.69) is 27.9 Å². The van der Waals surface area contributed by atoms with Crippen molar-refractivity contribution in [2.24, 2.45) is 5.41 Å². The Hall–Kier alpha value is -4.14. The third-order valence-corrected chi connectivity index (χ3v) is 5.99. The van der Waals surface area contributed by atoms with E-state index in [0.717, 1.165) is 22.3 Å². The molecule has 0 radical (unpaired) electrons. The number of carbonyl (C=O) groups is 3. The summed E-state index contributed by atoms with van der Waals surface area (Å²) in [4.78, 5) is 35.9. The summed E-state index contributed by atoms with van der Waals surface area (Å²) in [6, 6.07) is 16.1. The van der Waals surface area contributed by atoms with Crippen molar-refractivity contribution in [3.05, 3.63) is 77.2 Å². The molecule has 1 aliphatic carbocycles. The summed E-state index contributed by atoms with van der Waals surface area (Å²) < 4.78 is 10.4. The fourth-order valence-electron chi connectivity index (χ4n) is 4.26. The molecule has 0 saturated heterocycles. The molecular formula is C26H27N3O6. The third-order valence-electron chi connectivity index (χ3n) is 5.99. The van der Waals surface area contributed by atoms with Crippen LogP contribution in [0.5, 0.6) is 0 Å². The monoisotopic (exact) mass is 477 g/mol. The van der Waals surface area contributed by atoms with Gasteiger partial charge in [-0.1, -0.05) is 67.5 Å². The summed E-state index contributed by atoms with van der Waals surface area (Å²) in [6.45, 7) is 3.75. The van der Waals surface area contributed by atoms with Crippen LogP contribution in [-0.2, 0) is 16.1 Å². The van der Waals surface area contributed by atoms with Crippen molar-refractivity contribution in [1.82, 2.24) is 15.8 Å². The Labute approximate surface area is 202 Å². The van der Waals surface area contributed by atoms with Gasteiger partial charge in [-0.05, 0) is 27.7 Å². The number of alkyl carbamates (subject to hydrolysis) is 1. The van der Waals surface area contributed by atoms with Crippen molar-refractivity contribution in [3.63, 3.8) is 0 Å². The molecule has 2 amide bonds. The van der Waals surface area contributed by atoms with E-state index in [9.17, 15) is 14.4 Å². The molecule has 1 heterocycles. The molecule has 0 saturated carbocycles. The highest BCUT2D eigenvalue weighted by atomic mass is 16.5. The average molecular weight is 478 g/mol. The van der Waals surface area contributed by atoms with Crippen LogP contribution in [0.1, 0.15) is 53.4 Å². The maximum atomic E-state index is 12.5. The molecule has 2 aromatic carbocycles. The van der Waals surface area contributed by atoms with Crippen LogP contribution in [0.15, 0.2) is 59.3 Å². The standard InChI is InChI=1S/C26H27N3O6/c1-26(2,11-23(30)31)15-28-24(32)21-14-35-29-22(21)12-27-25(33)34-13-20-18-9-5-3-7-16(18)17-8-4-6-10-19(17)20/h3-10,14,20H,11-13,15H2,1-2H3,(H,27,33)(H,28,32)(H,30,31). The Balaban J connectivity index is 1.32. The molecule has 9 heteroatoms. The number of nitrogens with zero attached hydrogens (tertiary/aromatic N) is 1. The lowest BCUT2D eigenvalue weighted by molar-refractivity contribution is -0.139. The van der Waals surface area contributed by atoms with Gasteiger partial charge in [0, 0.05) is 12.5 Å². The maximum absolute atomic E-state index is 12.5. The van der Waals surface area contributed by atoms with Gasteiger partial charge < -0.3 is 25.0 Å². The van der Waals surface area contributed by atoms with Crippen molar-refractivity contribution in [3.8, 4) is 11.1 Å². The van der Waals surface area contributed by atoms with Crippen molar-refractivity contribution in [1.29, 1.82) is 0 Å². The molecule has 0 bridgehead atoms. The summed E-state index contributed by atoms with van der Waals surface area (Å²) in [6.07, 6.45) is 0.463. The van der Waals surface area contributed by atoms with E-state index in [1.54, 1.807) is 13.8 Å². The molecule has 1 aliphatic rings. The fraction of sp³-hybridized carbons (Fsp3) is 0.308. The summed E-state index contributed by atoms with van der Waals surface area (Å²) in [7, 11) is 0. The molecule has 35 heavy (non-hydrogen) atoms. The van der Waals surface area contributed by atoms with Crippen molar-refractivity contribution in [2.45, 2.75) is 32.7 Å². The lowest BCUT2D eigenvalue weighted by Gasteiger charge is -2.22. The molecular weight excluding hydrogens is 450 g/mol. The van der Waals surface area contributed by atoms with Crippen molar-refractivity contribution in [2.75, 3.05) is 13.2 Å². The Morgan fingerprint density at radius 2 is 1.66 bits per heavy atom. The van der Waals surface area contributed by atoms with Gasteiger partial charge in [0.25, 0.3) is 5.91 Å². The minimum Gasteiger partial charge on any atom is -0.481 e. The molecule has 9 nitrogen and oxygen atoms in total. The molecule has 0 fully saturated rings. The van der Waals surface area contributed by atoms with Gasteiger partial charge in [0.2, 0.25) is 0 Å². The number of aliphatic carboxylic acids is 1. The summed E-state index contributed by atoms with van der Waals surface area (Å²) in [5.74, 6) is -1.47. The van der Waals surface area contributed by atoms with Gasteiger partial charge in [0.05, 0.1) is 13.0 Å². The van der Waals surface area contributed by atoms with Gasteiger partial charge in [0.15, 0.2) is 0 Å². The lowest BCUT2D eigenvalue weighted by atomic mass is 9.89. The SMILES string of the molecule is CC(C)(CNC(=O)c1conc1CNC(=O)OCC1c2ccccc2-c2ccccc21)CC(=O)O. The second kappa shape index (κ2) is 10.0. The smallest absolute Gasteiger partial charge is 0.407 e. The van der Waals surface area contributed by atoms with Crippen molar-refractivity contribution < 1.29 is 28.8 Å². The molecule has 0 atom stereocenters. The highest BCUT2D eigenvalue weighted by molar-refractivity contribution is 5.95. The number of ether oxygens (including phenoxy) is 1. The number of amides is 2. The van der Waals surface area contributed by atoms with Crippen LogP contribution in [0.2, 0.25) is 0 Å². The first-order chi connectivity index (χ1) is 16.7. The number of nitrogens with one attached hydrogen (secondary N) is 2. The molecule has 4 rings (SSSR count). The first-order valence-electron chi connectivity index (χ1n) is 11.3. The van der Waals surface area contributed by atoms with Crippen molar-refractivity contribution >= 4 is 18.0 Å². The zero-order chi connectivity index (χ0) is 25.0. The van der Waals surface area contributed by atoms with Gasteiger partial charge >= 0.3 is 12.1 Å². The number of fused-ring (bicyclic) bond motifs is 3. The quantitative estimate of drug-likeness (QED) is 0.425. The van der Waals surface area contributed by atoms with E-state index in [-0.39, 0.29) is 43.3 Å². The van der Waals surface area contributed by atoms with E-state index >= 15 is 0 Å². The van der Waals surface area contributed by atoms with Gasteiger partial charge in [-0.2, -0.15) is 0 Å². The number of aromatic nitrogens is 1. The number of benzene rings is 2. The number of rotatable bonds is 9. The Morgan fingerprint density at radius 1 is 1.03 bits per heavy atom.